The van der Waals surface area contributed by atoms with Crippen molar-refractivity contribution < 1.29 is 9.21 Å². The quantitative estimate of drug-likeness (QED) is 0.717. The summed E-state index contributed by atoms with van der Waals surface area (Å²) in [4.78, 5) is 15.7. The molecule has 0 saturated heterocycles. The molecule has 5 nitrogen and oxygen atoms in total. The molecule has 0 aliphatic carbocycles. The van der Waals surface area contributed by atoms with Crippen LogP contribution >= 0.6 is 11.3 Å². The zero-order valence-corrected chi connectivity index (χ0v) is 14.4. The van der Waals surface area contributed by atoms with Crippen LogP contribution in [0.15, 0.2) is 46.2 Å². The number of nitrogens with one attached hydrogen (secondary N) is 1. The number of hydrogen-bond acceptors (Lipinski definition) is 5. The first-order valence-corrected chi connectivity index (χ1v) is 8.55. The number of benzene rings is 1. The second-order valence-electron chi connectivity index (χ2n) is 5.64. The predicted molar refractivity (Wildman–Crippen MR) is 94.8 cm³/mol. The molecule has 3 aromatic rings. The molecule has 3 N–H and O–H groups in total. The van der Waals surface area contributed by atoms with Crippen LogP contribution in [0.5, 0.6) is 0 Å². The van der Waals surface area contributed by atoms with Crippen molar-refractivity contribution in [1.82, 2.24) is 10.3 Å². The number of carbonyl (C=O) groups excluding carboxylic acids is 1. The van der Waals surface area contributed by atoms with Crippen molar-refractivity contribution in [3.8, 4) is 10.6 Å². The van der Waals surface area contributed by atoms with Gasteiger partial charge in [-0.2, -0.15) is 0 Å². The van der Waals surface area contributed by atoms with Crippen molar-refractivity contribution in [3.05, 3.63) is 64.6 Å². The number of amides is 1. The SMILES string of the molecule is Cc1ccc([C@H](C)NCc2csc(-c3ccc(C(N)=O)cc3)n2)o1. The van der Waals surface area contributed by atoms with Gasteiger partial charge in [-0.15, -0.1) is 11.3 Å². The van der Waals surface area contributed by atoms with Gasteiger partial charge in [-0.25, -0.2) is 4.98 Å². The van der Waals surface area contributed by atoms with Crippen molar-refractivity contribution in [3.63, 3.8) is 0 Å². The van der Waals surface area contributed by atoms with E-state index in [1.54, 1.807) is 23.5 Å². The molecular formula is C18H19N3O2S. The molecule has 2 aromatic heterocycles. The van der Waals surface area contributed by atoms with Crippen LogP contribution in [0.25, 0.3) is 10.6 Å². The summed E-state index contributed by atoms with van der Waals surface area (Å²) in [7, 11) is 0. The van der Waals surface area contributed by atoms with Gasteiger partial charge in [0.2, 0.25) is 5.91 Å². The lowest BCUT2D eigenvalue weighted by molar-refractivity contribution is 0.100. The molecule has 0 unspecified atom stereocenters. The van der Waals surface area contributed by atoms with Gasteiger partial charge >= 0.3 is 0 Å². The first-order chi connectivity index (χ1) is 11.5. The van der Waals surface area contributed by atoms with E-state index in [1.807, 2.05) is 36.6 Å². The number of nitrogens with two attached hydrogens (primary N) is 1. The van der Waals surface area contributed by atoms with Crippen LogP contribution in [-0.2, 0) is 6.54 Å². The van der Waals surface area contributed by atoms with E-state index in [1.165, 1.54) is 0 Å². The van der Waals surface area contributed by atoms with Gasteiger partial charge in [-0.05, 0) is 38.1 Å². The van der Waals surface area contributed by atoms with Crippen LogP contribution < -0.4 is 11.1 Å². The summed E-state index contributed by atoms with van der Waals surface area (Å²) in [5.74, 6) is 1.41. The number of nitrogens with zero attached hydrogens (tertiary/aromatic N) is 1. The Hall–Kier alpha value is -2.44. The summed E-state index contributed by atoms with van der Waals surface area (Å²) in [5, 5.41) is 6.36. The fourth-order valence-electron chi connectivity index (χ4n) is 2.34. The highest BCUT2D eigenvalue weighted by atomic mass is 32.1. The van der Waals surface area contributed by atoms with E-state index in [4.69, 9.17) is 10.2 Å². The third-order valence-electron chi connectivity index (χ3n) is 3.75. The Balaban J connectivity index is 1.64. The first kappa shape index (κ1) is 16.4. The Labute approximate surface area is 144 Å². The standard InChI is InChI=1S/C18H19N3O2S/c1-11-3-8-16(23-11)12(2)20-9-15-10-24-18(21-15)14-6-4-13(5-7-14)17(19)22/h3-8,10,12,20H,9H2,1-2H3,(H2,19,22)/t12-/m0/s1. The molecule has 24 heavy (non-hydrogen) atoms. The van der Waals surface area contributed by atoms with Crippen molar-refractivity contribution >= 4 is 17.2 Å². The Morgan fingerprint density at radius 1 is 1.29 bits per heavy atom. The molecule has 0 radical (unpaired) electrons. The van der Waals surface area contributed by atoms with E-state index in [-0.39, 0.29) is 6.04 Å². The summed E-state index contributed by atoms with van der Waals surface area (Å²) < 4.78 is 5.62. The fourth-order valence-corrected chi connectivity index (χ4v) is 3.17. The highest BCUT2D eigenvalue weighted by Gasteiger charge is 2.11. The van der Waals surface area contributed by atoms with Gasteiger partial charge in [0.1, 0.15) is 16.5 Å². The number of aryl methyl sites for hydroxylation is 1. The molecular weight excluding hydrogens is 322 g/mol. The van der Waals surface area contributed by atoms with Gasteiger partial charge in [0.05, 0.1) is 11.7 Å². The van der Waals surface area contributed by atoms with Crippen LogP contribution in [0.2, 0.25) is 0 Å². The maximum atomic E-state index is 11.1. The lowest BCUT2D eigenvalue weighted by Gasteiger charge is -2.09. The Kier molecular flexibility index (Phi) is 4.78. The van der Waals surface area contributed by atoms with E-state index >= 15 is 0 Å². The predicted octanol–water partition coefficient (Wildman–Crippen LogP) is 3.66. The first-order valence-electron chi connectivity index (χ1n) is 7.67. The average Bonchev–Trinajstić information content (AvgIpc) is 3.22. The number of primary amides is 1. The number of furan rings is 1. The van der Waals surface area contributed by atoms with Gasteiger partial charge in [0.25, 0.3) is 0 Å². The third-order valence-corrected chi connectivity index (χ3v) is 4.69. The zero-order valence-electron chi connectivity index (χ0n) is 13.6. The van der Waals surface area contributed by atoms with Crippen LogP contribution in [0.4, 0.5) is 0 Å². The molecule has 3 rings (SSSR count). The van der Waals surface area contributed by atoms with Crippen molar-refractivity contribution in [1.29, 1.82) is 0 Å². The molecule has 0 fully saturated rings. The summed E-state index contributed by atoms with van der Waals surface area (Å²) in [6.45, 7) is 4.66. The Morgan fingerprint density at radius 2 is 2.04 bits per heavy atom. The minimum Gasteiger partial charge on any atom is -0.465 e. The van der Waals surface area contributed by atoms with E-state index in [2.05, 4.69) is 17.2 Å². The van der Waals surface area contributed by atoms with Crippen LogP contribution in [0.1, 0.15) is 40.5 Å². The maximum absolute atomic E-state index is 11.1. The lowest BCUT2D eigenvalue weighted by Crippen LogP contribution is -2.17. The summed E-state index contributed by atoms with van der Waals surface area (Å²) in [6.07, 6.45) is 0. The Bertz CT molecular complexity index is 836. The van der Waals surface area contributed by atoms with Crippen molar-refractivity contribution in [2.75, 3.05) is 0 Å². The molecule has 0 aliphatic heterocycles. The molecule has 124 valence electrons. The molecule has 1 amide bonds. The molecule has 1 aromatic carbocycles. The number of thiazole rings is 1. The van der Waals surface area contributed by atoms with Gasteiger partial charge in [0.15, 0.2) is 0 Å². The monoisotopic (exact) mass is 341 g/mol. The lowest BCUT2D eigenvalue weighted by atomic mass is 10.1. The zero-order chi connectivity index (χ0) is 17.1. The number of aromatic nitrogens is 1. The second kappa shape index (κ2) is 6.98. The number of carbonyl (C=O) groups is 1. The highest BCUT2D eigenvalue weighted by Crippen LogP contribution is 2.24. The van der Waals surface area contributed by atoms with E-state index in [0.29, 0.717) is 12.1 Å². The Morgan fingerprint density at radius 3 is 2.67 bits per heavy atom. The van der Waals surface area contributed by atoms with Gasteiger partial charge in [0, 0.05) is 23.1 Å². The molecule has 0 aliphatic rings. The summed E-state index contributed by atoms with van der Waals surface area (Å²) in [6, 6.07) is 11.2. The van der Waals surface area contributed by atoms with Gasteiger partial charge in [-0.1, -0.05) is 12.1 Å². The van der Waals surface area contributed by atoms with Gasteiger partial charge in [-0.3, -0.25) is 4.79 Å². The highest BCUT2D eigenvalue weighted by molar-refractivity contribution is 7.13. The molecule has 0 saturated carbocycles. The third kappa shape index (κ3) is 3.72. The molecule has 1 atom stereocenters. The smallest absolute Gasteiger partial charge is 0.248 e. The van der Waals surface area contributed by atoms with Crippen molar-refractivity contribution in [2.45, 2.75) is 26.4 Å². The summed E-state index contributed by atoms with van der Waals surface area (Å²) >= 11 is 1.58. The maximum Gasteiger partial charge on any atom is 0.248 e. The van der Waals surface area contributed by atoms with Crippen LogP contribution in [0.3, 0.4) is 0 Å². The average molecular weight is 341 g/mol. The summed E-state index contributed by atoms with van der Waals surface area (Å²) in [5.41, 5.74) is 7.71. The number of hydrogen-bond donors (Lipinski definition) is 2. The fraction of sp³-hybridized carbons (Fsp3) is 0.222. The minimum absolute atomic E-state index is 0.124. The van der Waals surface area contributed by atoms with E-state index in [9.17, 15) is 4.79 Å². The van der Waals surface area contributed by atoms with Crippen molar-refractivity contribution in [2.24, 2.45) is 5.73 Å². The van der Waals surface area contributed by atoms with E-state index < -0.39 is 5.91 Å². The largest absolute Gasteiger partial charge is 0.465 e. The van der Waals surface area contributed by atoms with Crippen LogP contribution in [-0.4, -0.2) is 10.9 Å². The number of rotatable bonds is 6. The molecule has 0 spiro atoms. The molecule has 2 heterocycles. The molecule has 0 bridgehead atoms. The van der Waals surface area contributed by atoms with Crippen LogP contribution in [0, 0.1) is 6.92 Å². The van der Waals surface area contributed by atoms with E-state index in [0.717, 1.165) is 27.8 Å². The van der Waals surface area contributed by atoms with Gasteiger partial charge < -0.3 is 15.5 Å². The minimum atomic E-state index is -0.423. The topological polar surface area (TPSA) is 81.1 Å². The second-order valence-corrected chi connectivity index (χ2v) is 6.49. The normalized spacial score (nSPS) is 12.2. The molecule has 6 heteroatoms.